The fourth-order valence-corrected chi connectivity index (χ4v) is 5.84. The van der Waals surface area contributed by atoms with Crippen LogP contribution in [0, 0.1) is 5.92 Å². The summed E-state index contributed by atoms with van der Waals surface area (Å²) in [4.78, 5) is 14.1. The van der Waals surface area contributed by atoms with Crippen molar-refractivity contribution in [2.45, 2.75) is 56.1 Å². The molecule has 2 aliphatic rings. The molecule has 4 rings (SSSR count). The number of sulfonamides is 1. The third-order valence-corrected chi connectivity index (χ3v) is 7.80. The van der Waals surface area contributed by atoms with Crippen LogP contribution in [0.15, 0.2) is 47.4 Å². The number of benzene rings is 2. The molecule has 0 bridgehead atoms. The Labute approximate surface area is 185 Å². The smallest absolute Gasteiger partial charge is 0.339 e. The molecule has 0 spiro atoms. The number of fused-ring (bicyclic) bond motifs is 2. The number of anilines is 1. The highest BCUT2D eigenvalue weighted by Gasteiger charge is 2.37. The van der Waals surface area contributed by atoms with Crippen molar-refractivity contribution in [3.05, 3.63) is 59.2 Å². The summed E-state index contributed by atoms with van der Waals surface area (Å²) in [6, 6.07) is 8.87. The van der Waals surface area contributed by atoms with Gasteiger partial charge in [-0.25, -0.2) is 8.42 Å². The minimum Gasteiger partial charge on any atom is -0.339 e. The summed E-state index contributed by atoms with van der Waals surface area (Å²) in [6.07, 6.45) is -0.491. The Morgan fingerprint density at radius 1 is 1.09 bits per heavy atom. The third kappa shape index (κ3) is 4.48. The van der Waals surface area contributed by atoms with Gasteiger partial charge in [0.15, 0.2) is 0 Å². The lowest BCUT2D eigenvalue weighted by Gasteiger charge is -2.44. The van der Waals surface area contributed by atoms with Crippen LogP contribution in [-0.4, -0.2) is 31.8 Å². The molecule has 1 aliphatic carbocycles. The Bertz CT molecular complexity index is 1110. The van der Waals surface area contributed by atoms with E-state index in [1.165, 1.54) is 0 Å². The van der Waals surface area contributed by atoms with Crippen LogP contribution in [-0.2, 0) is 33.8 Å². The molecule has 172 valence electrons. The van der Waals surface area contributed by atoms with Crippen molar-refractivity contribution < 1.29 is 26.4 Å². The van der Waals surface area contributed by atoms with Gasteiger partial charge in [0.2, 0.25) is 5.91 Å². The van der Waals surface area contributed by atoms with Crippen molar-refractivity contribution in [2.75, 3.05) is 11.3 Å². The Hall–Kier alpha value is -2.55. The molecule has 1 N–H and O–H groups in total. The molecule has 1 aliphatic heterocycles. The van der Waals surface area contributed by atoms with Crippen molar-refractivity contribution in [1.29, 1.82) is 0 Å². The fourth-order valence-electron chi connectivity index (χ4n) is 4.79. The minimum atomic E-state index is -4.53. The molecule has 0 radical (unpaired) electrons. The number of alkyl halides is 3. The van der Waals surface area contributed by atoms with Crippen LogP contribution < -0.4 is 4.72 Å². The Balaban J connectivity index is 1.55. The van der Waals surface area contributed by atoms with Crippen LogP contribution in [0.5, 0.6) is 0 Å². The normalized spacial score (nSPS) is 20.9. The summed E-state index contributed by atoms with van der Waals surface area (Å²) in [5.74, 6) is 0.545. The highest BCUT2D eigenvalue weighted by atomic mass is 32.2. The van der Waals surface area contributed by atoms with Crippen molar-refractivity contribution in [1.82, 2.24) is 4.90 Å². The maximum atomic E-state index is 12.8. The van der Waals surface area contributed by atoms with Gasteiger partial charge in [-0.2, -0.15) is 13.2 Å². The van der Waals surface area contributed by atoms with E-state index in [1.807, 2.05) is 17.9 Å². The van der Waals surface area contributed by atoms with E-state index in [4.69, 9.17) is 0 Å². The number of hydrogen-bond acceptors (Lipinski definition) is 3. The van der Waals surface area contributed by atoms with E-state index < -0.39 is 21.8 Å². The number of carbonyl (C=O) groups excluding carboxylic acids is 1. The van der Waals surface area contributed by atoms with Crippen LogP contribution in [0.2, 0.25) is 0 Å². The molecule has 2 aromatic rings. The van der Waals surface area contributed by atoms with Gasteiger partial charge in [-0.1, -0.05) is 13.0 Å². The zero-order valence-corrected chi connectivity index (χ0v) is 18.5. The number of nitrogens with one attached hydrogen (secondary N) is 1. The molecular weight excluding hydrogens is 441 g/mol. The van der Waals surface area contributed by atoms with E-state index in [9.17, 15) is 26.4 Å². The lowest BCUT2D eigenvalue weighted by molar-refractivity contribution is -0.138. The number of halogens is 3. The van der Waals surface area contributed by atoms with Crippen molar-refractivity contribution in [3.8, 4) is 0 Å². The van der Waals surface area contributed by atoms with Gasteiger partial charge in [-0.3, -0.25) is 9.52 Å². The van der Waals surface area contributed by atoms with E-state index >= 15 is 0 Å². The molecule has 0 saturated carbocycles. The van der Waals surface area contributed by atoms with Gasteiger partial charge in [-0.15, -0.1) is 0 Å². The zero-order valence-electron chi connectivity index (χ0n) is 17.7. The first-order valence-electron chi connectivity index (χ1n) is 10.7. The van der Waals surface area contributed by atoms with Gasteiger partial charge in [0, 0.05) is 24.7 Å². The molecule has 1 amide bonds. The number of nitrogens with zero attached hydrogens (tertiary/aromatic N) is 1. The first kappa shape index (κ1) is 22.6. The Morgan fingerprint density at radius 2 is 1.81 bits per heavy atom. The van der Waals surface area contributed by atoms with Crippen molar-refractivity contribution in [3.63, 3.8) is 0 Å². The number of piperidine rings is 1. The molecule has 2 unspecified atom stereocenters. The molecule has 1 saturated heterocycles. The monoisotopic (exact) mass is 466 g/mol. The average molecular weight is 467 g/mol. The van der Waals surface area contributed by atoms with E-state index in [0.29, 0.717) is 24.4 Å². The van der Waals surface area contributed by atoms with Gasteiger partial charge >= 0.3 is 6.18 Å². The fraction of sp³-hybridized carbons (Fsp3) is 0.435. The highest BCUT2D eigenvalue weighted by molar-refractivity contribution is 7.92. The topological polar surface area (TPSA) is 66.5 Å². The Morgan fingerprint density at radius 3 is 2.47 bits per heavy atom. The van der Waals surface area contributed by atoms with Crippen molar-refractivity contribution in [2.24, 2.45) is 5.92 Å². The van der Waals surface area contributed by atoms with Crippen LogP contribution in [0.25, 0.3) is 0 Å². The molecule has 1 heterocycles. The predicted molar refractivity (Wildman–Crippen MR) is 115 cm³/mol. The third-order valence-electron chi connectivity index (χ3n) is 6.40. The van der Waals surface area contributed by atoms with E-state index in [1.54, 1.807) is 12.1 Å². The first-order chi connectivity index (χ1) is 15.1. The second-order valence-electron chi connectivity index (χ2n) is 8.43. The number of hydrogen-bond donors (Lipinski definition) is 1. The maximum Gasteiger partial charge on any atom is 0.416 e. The summed E-state index contributed by atoms with van der Waals surface area (Å²) in [7, 11) is -4.04. The molecule has 9 heteroatoms. The highest BCUT2D eigenvalue weighted by Crippen LogP contribution is 2.37. The van der Waals surface area contributed by atoms with Gasteiger partial charge in [0.25, 0.3) is 10.0 Å². The Kier molecular flexibility index (Phi) is 5.96. The second-order valence-corrected chi connectivity index (χ2v) is 10.1. The molecule has 1 fully saturated rings. The predicted octanol–water partition coefficient (Wildman–Crippen LogP) is 4.62. The van der Waals surface area contributed by atoms with Gasteiger partial charge in [0.05, 0.1) is 10.5 Å². The summed E-state index contributed by atoms with van der Waals surface area (Å²) in [6.45, 7) is 2.61. The molecule has 2 aromatic carbocycles. The molecular formula is C23H25F3N2O3S. The largest absolute Gasteiger partial charge is 0.416 e. The van der Waals surface area contributed by atoms with Crippen LogP contribution >= 0.6 is 0 Å². The molecule has 32 heavy (non-hydrogen) atoms. The number of likely N-dealkylation sites (tertiary alicyclic amines) is 1. The minimum absolute atomic E-state index is 0.116. The maximum absolute atomic E-state index is 12.8. The summed E-state index contributed by atoms with van der Waals surface area (Å²) < 4.78 is 66.1. The lowest BCUT2D eigenvalue weighted by Crippen LogP contribution is -2.51. The second kappa shape index (κ2) is 8.42. The first-order valence-corrected chi connectivity index (χ1v) is 12.2. The number of amides is 1. The SMILES string of the molecule is CCC(=O)N1CCCC2Cc3ccc(NS(=O)(=O)c4ccc(C(F)(F)F)cc4)cc3CC21. The lowest BCUT2D eigenvalue weighted by atomic mass is 9.75. The van der Waals surface area contributed by atoms with Gasteiger partial charge in [0.1, 0.15) is 0 Å². The van der Waals surface area contributed by atoms with Crippen LogP contribution in [0.1, 0.15) is 42.9 Å². The van der Waals surface area contributed by atoms with Gasteiger partial charge in [-0.05, 0) is 79.1 Å². The molecule has 0 aromatic heterocycles. The standard InChI is InChI=1S/C23H25F3N2O3S/c1-2-22(29)28-11-3-4-16-12-15-5-8-19(13-17(15)14-21(16)28)27-32(30,31)20-9-6-18(7-10-20)23(24,25)26/h5-10,13,16,21,27H,2-4,11-12,14H2,1H3. The zero-order chi connectivity index (χ0) is 23.1. The van der Waals surface area contributed by atoms with Crippen LogP contribution in [0.4, 0.5) is 18.9 Å². The van der Waals surface area contributed by atoms with E-state index in [-0.39, 0.29) is 16.8 Å². The molecule has 2 atom stereocenters. The van der Waals surface area contributed by atoms with Crippen molar-refractivity contribution >= 4 is 21.6 Å². The summed E-state index contributed by atoms with van der Waals surface area (Å²) in [5, 5.41) is 0. The number of rotatable bonds is 4. The summed E-state index contributed by atoms with van der Waals surface area (Å²) >= 11 is 0. The van der Waals surface area contributed by atoms with Crippen LogP contribution in [0.3, 0.4) is 0 Å². The van der Waals surface area contributed by atoms with E-state index in [2.05, 4.69) is 4.72 Å². The average Bonchev–Trinajstić information content (AvgIpc) is 2.76. The van der Waals surface area contributed by atoms with Gasteiger partial charge < -0.3 is 4.90 Å². The quantitative estimate of drug-likeness (QED) is 0.715. The van der Waals surface area contributed by atoms with E-state index in [0.717, 1.165) is 61.2 Å². The summed E-state index contributed by atoms with van der Waals surface area (Å²) in [5.41, 5.74) is 1.59. The molecule has 5 nitrogen and oxygen atoms in total. The number of carbonyl (C=O) groups is 1.